The normalized spacial score (nSPS) is 19.2. The first-order chi connectivity index (χ1) is 20.9. The predicted octanol–water partition coefficient (Wildman–Crippen LogP) is 6.10. The first-order valence-corrected chi connectivity index (χ1v) is 13.7. The van der Waals surface area contributed by atoms with Gasteiger partial charge in [-0.25, -0.2) is 18.4 Å². The number of amides is 1. The lowest BCUT2D eigenvalue weighted by atomic mass is 9.77. The molecular formula is C31H29F5N4O4. The van der Waals surface area contributed by atoms with E-state index in [2.05, 4.69) is 15.4 Å². The molecule has 232 valence electrons. The number of nitrogens with zero attached hydrogens (tertiary/aromatic N) is 3. The van der Waals surface area contributed by atoms with Crippen LogP contribution in [0.25, 0.3) is 0 Å². The molecule has 1 aliphatic rings. The standard InChI is InChI=1S/C31H29F5N4O4/c1-19(30(42,16-40-18-37-17-38-40)26-11-8-24(32)13-27(26)33)12-20-14-43-29(44-15-20)22-4-2-21(3-5-22)28(41)39-25-9-6-23(7-10-25)31(34,35)36/h2-11,13,17-20,29,42H,12,14-16H2,1H3,(H,39,41). The lowest BCUT2D eigenvalue weighted by molar-refractivity contribution is -0.210. The summed E-state index contributed by atoms with van der Waals surface area (Å²) in [6.07, 6.45) is -2.09. The molecule has 1 aromatic heterocycles. The van der Waals surface area contributed by atoms with E-state index < -0.39 is 47.1 Å². The molecule has 4 aromatic rings. The molecule has 0 aliphatic carbocycles. The number of benzene rings is 3. The Balaban J connectivity index is 1.18. The molecule has 1 aliphatic heterocycles. The molecule has 2 unspecified atom stereocenters. The van der Waals surface area contributed by atoms with Crippen molar-refractivity contribution < 1.29 is 41.3 Å². The van der Waals surface area contributed by atoms with Gasteiger partial charge in [-0.2, -0.15) is 18.3 Å². The Bertz CT molecular complexity index is 1560. The Labute approximate surface area is 249 Å². The lowest BCUT2D eigenvalue weighted by Crippen LogP contribution is -2.41. The zero-order valence-electron chi connectivity index (χ0n) is 23.5. The number of anilines is 1. The summed E-state index contributed by atoms with van der Waals surface area (Å²) in [7, 11) is 0. The molecule has 8 nitrogen and oxygen atoms in total. The molecule has 2 N–H and O–H groups in total. The van der Waals surface area contributed by atoms with E-state index in [0.717, 1.165) is 24.3 Å². The van der Waals surface area contributed by atoms with Crippen molar-refractivity contribution in [1.29, 1.82) is 0 Å². The van der Waals surface area contributed by atoms with Crippen molar-refractivity contribution in [2.24, 2.45) is 11.8 Å². The number of aliphatic hydroxyl groups is 1. The molecule has 0 bridgehead atoms. The van der Waals surface area contributed by atoms with E-state index in [1.165, 1.54) is 35.5 Å². The van der Waals surface area contributed by atoms with E-state index in [9.17, 15) is 31.9 Å². The quantitative estimate of drug-likeness (QED) is 0.221. The Kier molecular flexibility index (Phi) is 9.09. The molecule has 1 amide bonds. The minimum Gasteiger partial charge on any atom is -0.383 e. The van der Waals surface area contributed by atoms with E-state index >= 15 is 0 Å². The van der Waals surface area contributed by atoms with Gasteiger partial charge in [0.1, 0.15) is 29.9 Å². The number of hydrogen-bond acceptors (Lipinski definition) is 6. The summed E-state index contributed by atoms with van der Waals surface area (Å²) in [6.45, 7) is 2.21. The molecule has 3 aromatic carbocycles. The van der Waals surface area contributed by atoms with Crippen LogP contribution in [0.2, 0.25) is 0 Å². The zero-order valence-corrected chi connectivity index (χ0v) is 23.5. The van der Waals surface area contributed by atoms with Crippen molar-refractivity contribution in [3.05, 3.63) is 113 Å². The fourth-order valence-electron chi connectivity index (χ4n) is 5.21. The highest BCUT2D eigenvalue weighted by Crippen LogP contribution is 2.38. The van der Waals surface area contributed by atoms with Gasteiger partial charge in [0.15, 0.2) is 6.29 Å². The Morgan fingerprint density at radius 2 is 1.73 bits per heavy atom. The van der Waals surface area contributed by atoms with Crippen molar-refractivity contribution in [3.8, 4) is 0 Å². The van der Waals surface area contributed by atoms with E-state index in [1.807, 2.05) is 0 Å². The Hall–Kier alpha value is -4.20. The highest BCUT2D eigenvalue weighted by Gasteiger charge is 2.41. The van der Waals surface area contributed by atoms with Gasteiger partial charge in [-0.05, 0) is 54.8 Å². The number of hydrogen-bond donors (Lipinski definition) is 2. The van der Waals surface area contributed by atoms with Crippen LogP contribution in [0.3, 0.4) is 0 Å². The molecule has 2 heterocycles. The van der Waals surface area contributed by atoms with Crippen LogP contribution in [0.5, 0.6) is 0 Å². The summed E-state index contributed by atoms with van der Waals surface area (Å²) >= 11 is 0. The van der Waals surface area contributed by atoms with Crippen molar-refractivity contribution in [2.45, 2.75) is 38.0 Å². The molecule has 44 heavy (non-hydrogen) atoms. The molecule has 5 rings (SSSR count). The van der Waals surface area contributed by atoms with Gasteiger partial charge in [-0.15, -0.1) is 0 Å². The van der Waals surface area contributed by atoms with Crippen LogP contribution in [0.4, 0.5) is 27.6 Å². The average Bonchev–Trinajstić information content (AvgIpc) is 3.50. The van der Waals surface area contributed by atoms with Crippen LogP contribution < -0.4 is 5.32 Å². The summed E-state index contributed by atoms with van der Waals surface area (Å²) in [6, 6.07) is 13.6. The minimum absolute atomic E-state index is 0.0557. The highest BCUT2D eigenvalue weighted by molar-refractivity contribution is 6.04. The summed E-state index contributed by atoms with van der Waals surface area (Å²) in [4.78, 5) is 16.5. The number of halogens is 5. The molecule has 0 spiro atoms. The fraction of sp³-hybridized carbons (Fsp3) is 0.323. The molecule has 1 fully saturated rings. The van der Waals surface area contributed by atoms with Crippen molar-refractivity contribution in [3.63, 3.8) is 0 Å². The van der Waals surface area contributed by atoms with E-state index in [4.69, 9.17) is 9.47 Å². The average molecular weight is 617 g/mol. The first kappa shape index (κ1) is 31.2. The number of ether oxygens (including phenoxy) is 2. The van der Waals surface area contributed by atoms with Gasteiger partial charge >= 0.3 is 6.18 Å². The van der Waals surface area contributed by atoms with Gasteiger partial charge < -0.3 is 19.9 Å². The zero-order chi connectivity index (χ0) is 31.5. The monoisotopic (exact) mass is 616 g/mol. The largest absolute Gasteiger partial charge is 0.416 e. The second-order valence-corrected chi connectivity index (χ2v) is 10.8. The van der Waals surface area contributed by atoms with Gasteiger partial charge in [-0.1, -0.05) is 25.1 Å². The molecule has 0 saturated carbocycles. The summed E-state index contributed by atoms with van der Waals surface area (Å²) < 4.78 is 80.0. The van der Waals surface area contributed by atoms with E-state index in [0.29, 0.717) is 12.0 Å². The third kappa shape index (κ3) is 7.12. The third-order valence-electron chi connectivity index (χ3n) is 7.65. The third-order valence-corrected chi connectivity index (χ3v) is 7.65. The molecular weight excluding hydrogens is 587 g/mol. The molecule has 0 radical (unpaired) electrons. The molecule has 2 atom stereocenters. The summed E-state index contributed by atoms with van der Waals surface area (Å²) in [5.41, 5.74) is -1.44. The van der Waals surface area contributed by atoms with Crippen molar-refractivity contribution in [2.75, 3.05) is 18.5 Å². The van der Waals surface area contributed by atoms with Crippen LogP contribution in [0.15, 0.2) is 79.4 Å². The summed E-state index contributed by atoms with van der Waals surface area (Å²) in [5, 5.41) is 18.3. The van der Waals surface area contributed by atoms with Crippen LogP contribution in [0, 0.1) is 23.5 Å². The van der Waals surface area contributed by atoms with Gasteiger partial charge in [0.25, 0.3) is 5.91 Å². The second-order valence-electron chi connectivity index (χ2n) is 10.8. The maximum Gasteiger partial charge on any atom is 0.416 e. The second kappa shape index (κ2) is 12.8. The van der Waals surface area contributed by atoms with Gasteiger partial charge in [0.2, 0.25) is 0 Å². The summed E-state index contributed by atoms with van der Waals surface area (Å²) in [5.74, 6) is -2.79. The fourth-order valence-corrected chi connectivity index (χ4v) is 5.21. The van der Waals surface area contributed by atoms with Crippen LogP contribution in [-0.4, -0.2) is 39.0 Å². The number of rotatable bonds is 9. The SMILES string of the molecule is CC(CC1COC(c2ccc(C(=O)Nc3ccc(C(F)(F)F)cc3)cc2)OC1)C(O)(Cn1cncn1)c1ccc(F)cc1F. The smallest absolute Gasteiger partial charge is 0.383 e. The van der Waals surface area contributed by atoms with E-state index in [-0.39, 0.29) is 42.5 Å². The number of alkyl halides is 3. The predicted molar refractivity (Wildman–Crippen MR) is 148 cm³/mol. The first-order valence-electron chi connectivity index (χ1n) is 13.7. The van der Waals surface area contributed by atoms with Gasteiger partial charge in [0, 0.05) is 34.4 Å². The van der Waals surface area contributed by atoms with Crippen LogP contribution >= 0.6 is 0 Å². The maximum absolute atomic E-state index is 14.8. The molecule has 1 saturated heterocycles. The van der Waals surface area contributed by atoms with E-state index in [1.54, 1.807) is 31.2 Å². The Morgan fingerprint density at radius 1 is 1.05 bits per heavy atom. The minimum atomic E-state index is -4.47. The topological polar surface area (TPSA) is 98.5 Å². The highest BCUT2D eigenvalue weighted by atomic mass is 19.4. The van der Waals surface area contributed by atoms with Gasteiger partial charge in [0.05, 0.1) is 25.3 Å². The molecule has 13 heteroatoms. The maximum atomic E-state index is 14.8. The number of aromatic nitrogens is 3. The van der Waals surface area contributed by atoms with Crippen molar-refractivity contribution >= 4 is 11.6 Å². The number of nitrogens with one attached hydrogen (secondary N) is 1. The lowest BCUT2D eigenvalue weighted by Gasteiger charge is -2.38. The Morgan fingerprint density at radius 3 is 2.32 bits per heavy atom. The van der Waals surface area contributed by atoms with Crippen LogP contribution in [0.1, 0.15) is 46.7 Å². The van der Waals surface area contributed by atoms with Crippen LogP contribution in [-0.2, 0) is 27.8 Å². The number of carbonyl (C=O) groups excluding carboxylic acids is 1. The number of carbonyl (C=O) groups is 1. The van der Waals surface area contributed by atoms with Gasteiger partial charge in [-0.3, -0.25) is 4.79 Å². The van der Waals surface area contributed by atoms with Crippen molar-refractivity contribution in [1.82, 2.24) is 14.8 Å².